The van der Waals surface area contributed by atoms with Gasteiger partial charge in [0.25, 0.3) is 0 Å². The number of methoxy groups -OCH3 is 1. The van der Waals surface area contributed by atoms with E-state index in [4.69, 9.17) is 4.74 Å². The summed E-state index contributed by atoms with van der Waals surface area (Å²) >= 11 is 0. The summed E-state index contributed by atoms with van der Waals surface area (Å²) in [7, 11) is 1.59. The molecule has 0 aromatic heterocycles. The van der Waals surface area contributed by atoms with Gasteiger partial charge in [-0.3, -0.25) is 9.69 Å². The predicted molar refractivity (Wildman–Crippen MR) is 79.3 cm³/mol. The summed E-state index contributed by atoms with van der Waals surface area (Å²) in [6.07, 6.45) is 2.39. The van der Waals surface area contributed by atoms with Crippen LogP contribution in [0.3, 0.4) is 0 Å². The molecule has 21 heavy (non-hydrogen) atoms. The molecule has 1 aromatic carbocycles. The van der Waals surface area contributed by atoms with Crippen LogP contribution in [-0.2, 0) is 16.1 Å². The lowest BCUT2D eigenvalue weighted by atomic mass is 10.0. The van der Waals surface area contributed by atoms with E-state index in [2.05, 4.69) is 10.2 Å². The number of hydrogen-bond donors (Lipinski definition) is 1. The number of nitrogens with one attached hydrogen (secondary N) is 1. The van der Waals surface area contributed by atoms with Crippen molar-refractivity contribution in [3.8, 4) is 0 Å². The molecule has 1 aromatic rings. The third-order valence-corrected chi connectivity index (χ3v) is 3.76. The molecule has 0 saturated carbocycles. The third-order valence-electron chi connectivity index (χ3n) is 3.76. The maximum atomic E-state index is 13.7. The van der Waals surface area contributed by atoms with E-state index in [0.717, 1.165) is 25.9 Å². The molecule has 1 unspecified atom stereocenters. The maximum absolute atomic E-state index is 13.7. The van der Waals surface area contributed by atoms with Crippen molar-refractivity contribution in [2.45, 2.75) is 31.8 Å². The minimum atomic E-state index is -0.163. The zero-order valence-electron chi connectivity index (χ0n) is 12.5. The van der Waals surface area contributed by atoms with Crippen molar-refractivity contribution in [3.63, 3.8) is 0 Å². The molecule has 1 amide bonds. The van der Waals surface area contributed by atoms with Gasteiger partial charge in [-0.25, -0.2) is 4.39 Å². The monoisotopic (exact) mass is 294 g/mol. The number of piperidine rings is 1. The lowest BCUT2D eigenvalue weighted by Crippen LogP contribution is -2.47. The van der Waals surface area contributed by atoms with Gasteiger partial charge in [0.15, 0.2) is 0 Å². The van der Waals surface area contributed by atoms with Crippen LogP contribution in [0.5, 0.6) is 0 Å². The van der Waals surface area contributed by atoms with Crippen molar-refractivity contribution in [2.24, 2.45) is 0 Å². The molecular formula is C16H23FN2O2. The highest BCUT2D eigenvalue weighted by molar-refractivity contribution is 5.76. The van der Waals surface area contributed by atoms with Gasteiger partial charge in [-0.1, -0.05) is 18.2 Å². The molecule has 116 valence electrons. The van der Waals surface area contributed by atoms with E-state index in [1.165, 1.54) is 6.07 Å². The van der Waals surface area contributed by atoms with Crippen LogP contribution in [0.2, 0.25) is 0 Å². The SMILES string of the molecule is COCCC(=O)NC1CCCN(Cc2ccccc2F)C1. The van der Waals surface area contributed by atoms with Gasteiger partial charge >= 0.3 is 0 Å². The van der Waals surface area contributed by atoms with Gasteiger partial charge in [-0.05, 0) is 25.5 Å². The van der Waals surface area contributed by atoms with E-state index in [9.17, 15) is 9.18 Å². The van der Waals surface area contributed by atoms with Crippen molar-refractivity contribution < 1.29 is 13.9 Å². The molecule has 4 nitrogen and oxygen atoms in total. The Balaban J connectivity index is 1.83. The first-order chi connectivity index (χ1) is 10.2. The van der Waals surface area contributed by atoms with Crippen LogP contribution in [-0.4, -0.2) is 43.7 Å². The molecule has 0 aliphatic carbocycles. The summed E-state index contributed by atoms with van der Waals surface area (Å²) < 4.78 is 18.6. The van der Waals surface area contributed by atoms with Gasteiger partial charge in [-0.15, -0.1) is 0 Å². The van der Waals surface area contributed by atoms with Crippen LogP contribution in [0.1, 0.15) is 24.8 Å². The first-order valence-electron chi connectivity index (χ1n) is 7.43. The van der Waals surface area contributed by atoms with Crippen LogP contribution in [0.15, 0.2) is 24.3 Å². The van der Waals surface area contributed by atoms with Gasteiger partial charge in [0.05, 0.1) is 6.61 Å². The van der Waals surface area contributed by atoms with Gasteiger partial charge in [0, 0.05) is 38.2 Å². The number of halogens is 1. The molecule has 1 saturated heterocycles. The molecule has 1 heterocycles. The Labute approximate surface area is 125 Å². The summed E-state index contributed by atoms with van der Waals surface area (Å²) in [5.41, 5.74) is 0.712. The molecule has 1 N–H and O–H groups in total. The smallest absolute Gasteiger partial charge is 0.222 e. The zero-order valence-corrected chi connectivity index (χ0v) is 12.5. The number of likely N-dealkylation sites (tertiary alicyclic amines) is 1. The van der Waals surface area contributed by atoms with Gasteiger partial charge in [-0.2, -0.15) is 0 Å². The van der Waals surface area contributed by atoms with Crippen LogP contribution >= 0.6 is 0 Å². The van der Waals surface area contributed by atoms with E-state index < -0.39 is 0 Å². The summed E-state index contributed by atoms with van der Waals surface area (Å²) in [6.45, 7) is 2.75. The summed E-state index contributed by atoms with van der Waals surface area (Å²) in [6, 6.07) is 7.01. The van der Waals surface area contributed by atoms with Crippen molar-refractivity contribution >= 4 is 5.91 Å². The number of carbonyl (C=O) groups excluding carboxylic acids is 1. The number of nitrogens with zero attached hydrogens (tertiary/aromatic N) is 1. The fraction of sp³-hybridized carbons (Fsp3) is 0.562. The molecule has 0 radical (unpaired) electrons. The molecule has 1 aliphatic heterocycles. The molecule has 5 heteroatoms. The first kappa shape index (κ1) is 15.9. The largest absolute Gasteiger partial charge is 0.384 e. The standard InChI is InChI=1S/C16H23FN2O2/c1-21-10-8-16(20)18-14-6-4-9-19(12-14)11-13-5-2-3-7-15(13)17/h2-3,5,7,14H,4,6,8-12H2,1H3,(H,18,20). The minimum absolute atomic E-state index is 0.0228. The lowest BCUT2D eigenvalue weighted by Gasteiger charge is -2.33. The second-order valence-electron chi connectivity index (χ2n) is 5.48. The highest BCUT2D eigenvalue weighted by atomic mass is 19.1. The summed E-state index contributed by atoms with van der Waals surface area (Å²) in [5, 5.41) is 3.03. The molecule has 0 spiro atoms. The Hall–Kier alpha value is -1.46. The first-order valence-corrected chi connectivity index (χ1v) is 7.43. The maximum Gasteiger partial charge on any atom is 0.222 e. The zero-order chi connectivity index (χ0) is 15.1. The van der Waals surface area contributed by atoms with Gasteiger partial charge in [0.1, 0.15) is 5.82 Å². The predicted octanol–water partition coefficient (Wildman–Crippen LogP) is 1.94. The second-order valence-corrected chi connectivity index (χ2v) is 5.48. The molecule has 1 fully saturated rings. The molecule has 0 bridgehead atoms. The Kier molecular flexibility index (Phi) is 6.14. The Morgan fingerprint density at radius 1 is 1.48 bits per heavy atom. The molecule has 2 rings (SSSR count). The number of ether oxygens (including phenoxy) is 1. The molecule has 1 aliphatic rings. The van der Waals surface area contributed by atoms with Crippen molar-refractivity contribution in [1.29, 1.82) is 0 Å². The van der Waals surface area contributed by atoms with E-state index in [1.807, 2.05) is 12.1 Å². The fourth-order valence-electron chi connectivity index (χ4n) is 2.68. The van der Waals surface area contributed by atoms with Crippen molar-refractivity contribution in [3.05, 3.63) is 35.6 Å². The fourth-order valence-corrected chi connectivity index (χ4v) is 2.68. The van der Waals surface area contributed by atoms with Crippen LogP contribution in [0.25, 0.3) is 0 Å². The number of hydrogen-bond acceptors (Lipinski definition) is 3. The summed E-state index contributed by atoms with van der Waals surface area (Å²) in [4.78, 5) is 13.9. The van der Waals surface area contributed by atoms with Gasteiger partial charge in [0.2, 0.25) is 5.91 Å². The average molecular weight is 294 g/mol. The topological polar surface area (TPSA) is 41.6 Å². The van der Waals surface area contributed by atoms with Crippen molar-refractivity contribution in [1.82, 2.24) is 10.2 Å². The number of carbonyl (C=O) groups is 1. The Morgan fingerprint density at radius 2 is 2.29 bits per heavy atom. The third kappa shape index (κ3) is 5.10. The Bertz CT molecular complexity index is 467. The van der Waals surface area contributed by atoms with E-state index >= 15 is 0 Å². The normalized spacial score (nSPS) is 19.4. The van der Waals surface area contributed by atoms with Crippen molar-refractivity contribution in [2.75, 3.05) is 26.8 Å². The van der Waals surface area contributed by atoms with Gasteiger partial charge < -0.3 is 10.1 Å². The number of rotatable bonds is 6. The van der Waals surface area contributed by atoms with Crippen LogP contribution in [0, 0.1) is 5.82 Å². The summed E-state index contributed by atoms with van der Waals surface area (Å²) in [5.74, 6) is -0.140. The second kappa shape index (κ2) is 8.10. The highest BCUT2D eigenvalue weighted by Crippen LogP contribution is 2.15. The molecule has 1 atom stereocenters. The number of amides is 1. The Morgan fingerprint density at radius 3 is 3.05 bits per heavy atom. The minimum Gasteiger partial charge on any atom is -0.384 e. The molecular weight excluding hydrogens is 271 g/mol. The van der Waals surface area contributed by atoms with E-state index in [1.54, 1.807) is 13.2 Å². The number of benzene rings is 1. The van der Waals surface area contributed by atoms with Crippen LogP contribution in [0.4, 0.5) is 4.39 Å². The average Bonchev–Trinajstić information content (AvgIpc) is 2.48. The van der Waals surface area contributed by atoms with E-state index in [-0.39, 0.29) is 17.8 Å². The highest BCUT2D eigenvalue weighted by Gasteiger charge is 2.21. The van der Waals surface area contributed by atoms with E-state index in [0.29, 0.717) is 25.1 Å². The lowest BCUT2D eigenvalue weighted by molar-refractivity contribution is -0.123. The van der Waals surface area contributed by atoms with Crippen LogP contribution < -0.4 is 5.32 Å². The quantitative estimate of drug-likeness (QED) is 0.872.